The zero-order valence-corrected chi connectivity index (χ0v) is 14.1. The fraction of sp³-hybridized carbons (Fsp3) is 0.667. The van der Waals surface area contributed by atoms with Crippen LogP contribution in [0, 0.1) is 0 Å². The highest BCUT2D eigenvalue weighted by molar-refractivity contribution is 5.33. The second-order valence-corrected chi connectivity index (χ2v) is 6.29. The first kappa shape index (κ1) is 16.7. The monoisotopic (exact) mass is 320 g/mol. The van der Waals surface area contributed by atoms with Crippen LogP contribution in [0.2, 0.25) is 0 Å². The Bertz CT molecular complexity index is 469. The number of methoxy groups -OCH3 is 1. The summed E-state index contributed by atoms with van der Waals surface area (Å²) in [6, 6.07) is 8.31. The molecule has 0 spiro atoms. The van der Waals surface area contributed by atoms with Crippen molar-refractivity contribution < 1.29 is 14.2 Å². The molecule has 2 saturated heterocycles. The van der Waals surface area contributed by atoms with Crippen LogP contribution in [0.3, 0.4) is 0 Å². The van der Waals surface area contributed by atoms with Crippen LogP contribution in [0.25, 0.3) is 0 Å². The molecule has 1 aromatic carbocycles. The molecule has 2 heterocycles. The molecule has 0 aromatic heterocycles. The van der Waals surface area contributed by atoms with Gasteiger partial charge in [-0.25, -0.2) is 0 Å². The van der Waals surface area contributed by atoms with Gasteiger partial charge in [-0.2, -0.15) is 0 Å². The number of rotatable bonds is 6. The van der Waals surface area contributed by atoms with Crippen molar-refractivity contribution in [2.45, 2.75) is 19.1 Å². The Balaban J connectivity index is 1.39. The van der Waals surface area contributed by atoms with Gasteiger partial charge in [-0.1, -0.05) is 18.2 Å². The van der Waals surface area contributed by atoms with Gasteiger partial charge in [0.1, 0.15) is 5.75 Å². The number of hydrogen-bond acceptors (Lipinski definition) is 5. The second kappa shape index (κ2) is 8.64. The van der Waals surface area contributed by atoms with Crippen LogP contribution in [-0.2, 0) is 16.0 Å². The molecule has 0 N–H and O–H groups in total. The van der Waals surface area contributed by atoms with Crippen molar-refractivity contribution in [2.24, 2.45) is 0 Å². The fourth-order valence-electron chi connectivity index (χ4n) is 3.28. The van der Waals surface area contributed by atoms with Crippen molar-refractivity contribution in [3.8, 4) is 5.75 Å². The van der Waals surface area contributed by atoms with Crippen molar-refractivity contribution in [3.05, 3.63) is 29.8 Å². The second-order valence-electron chi connectivity index (χ2n) is 6.29. The van der Waals surface area contributed by atoms with Gasteiger partial charge in [0.15, 0.2) is 0 Å². The van der Waals surface area contributed by atoms with Crippen LogP contribution in [0.1, 0.15) is 12.0 Å². The van der Waals surface area contributed by atoms with E-state index in [9.17, 15) is 0 Å². The largest absolute Gasteiger partial charge is 0.496 e. The minimum absolute atomic E-state index is 0.287. The van der Waals surface area contributed by atoms with Crippen LogP contribution >= 0.6 is 0 Å². The molecule has 0 bridgehead atoms. The van der Waals surface area contributed by atoms with Gasteiger partial charge in [-0.15, -0.1) is 0 Å². The minimum Gasteiger partial charge on any atom is -0.496 e. The topological polar surface area (TPSA) is 34.2 Å². The Hall–Kier alpha value is -1.14. The highest BCUT2D eigenvalue weighted by atomic mass is 16.6. The van der Waals surface area contributed by atoms with E-state index in [1.54, 1.807) is 7.11 Å². The molecular weight excluding hydrogens is 292 g/mol. The third-order valence-electron chi connectivity index (χ3n) is 4.70. The number of nitrogens with zero attached hydrogens (tertiary/aromatic N) is 2. The Kier molecular flexibility index (Phi) is 6.28. The van der Waals surface area contributed by atoms with E-state index in [1.165, 1.54) is 5.56 Å². The maximum Gasteiger partial charge on any atom is 0.123 e. The van der Waals surface area contributed by atoms with E-state index < -0.39 is 0 Å². The van der Waals surface area contributed by atoms with Crippen molar-refractivity contribution in [3.63, 3.8) is 0 Å². The number of piperazine rings is 1. The smallest absolute Gasteiger partial charge is 0.123 e. The molecule has 1 unspecified atom stereocenters. The molecule has 2 fully saturated rings. The molecule has 23 heavy (non-hydrogen) atoms. The van der Waals surface area contributed by atoms with Crippen molar-refractivity contribution in [1.29, 1.82) is 0 Å². The van der Waals surface area contributed by atoms with E-state index in [4.69, 9.17) is 14.2 Å². The van der Waals surface area contributed by atoms with Crippen LogP contribution in [0.4, 0.5) is 0 Å². The number of benzene rings is 1. The summed E-state index contributed by atoms with van der Waals surface area (Å²) in [7, 11) is 1.74. The molecule has 0 radical (unpaired) electrons. The zero-order chi connectivity index (χ0) is 15.9. The maximum absolute atomic E-state index is 5.72. The third kappa shape index (κ3) is 4.91. The van der Waals surface area contributed by atoms with Gasteiger partial charge in [-0.3, -0.25) is 4.90 Å². The molecule has 1 aromatic rings. The Morgan fingerprint density at radius 3 is 2.61 bits per heavy atom. The fourth-order valence-corrected chi connectivity index (χ4v) is 3.28. The minimum atomic E-state index is 0.287. The van der Waals surface area contributed by atoms with Crippen molar-refractivity contribution >= 4 is 0 Å². The van der Waals surface area contributed by atoms with E-state index in [1.807, 2.05) is 12.1 Å². The molecule has 2 aliphatic heterocycles. The highest BCUT2D eigenvalue weighted by Crippen LogP contribution is 2.20. The first-order valence-electron chi connectivity index (χ1n) is 8.61. The molecule has 0 aliphatic carbocycles. The number of hydrogen-bond donors (Lipinski definition) is 0. The summed E-state index contributed by atoms with van der Waals surface area (Å²) in [5.41, 5.74) is 1.27. The van der Waals surface area contributed by atoms with E-state index in [0.717, 1.165) is 71.3 Å². The predicted molar refractivity (Wildman–Crippen MR) is 89.9 cm³/mol. The van der Waals surface area contributed by atoms with E-state index in [-0.39, 0.29) is 6.10 Å². The average molecular weight is 320 g/mol. The molecule has 1 atom stereocenters. The number of ether oxygens (including phenoxy) is 3. The van der Waals surface area contributed by atoms with Crippen molar-refractivity contribution in [1.82, 2.24) is 9.80 Å². The predicted octanol–water partition coefficient (Wildman–Crippen LogP) is 1.62. The zero-order valence-electron chi connectivity index (χ0n) is 14.1. The summed E-state index contributed by atoms with van der Waals surface area (Å²) in [5.74, 6) is 0.990. The highest BCUT2D eigenvalue weighted by Gasteiger charge is 2.20. The third-order valence-corrected chi connectivity index (χ3v) is 4.70. The summed E-state index contributed by atoms with van der Waals surface area (Å²) in [6.07, 6.45) is 1.36. The lowest BCUT2D eigenvalue weighted by atomic mass is 10.1. The van der Waals surface area contributed by atoms with Crippen LogP contribution in [-0.4, -0.2) is 75.6 Å². The summed E-state index contributed by atoms with van der Waals surface area (Å²) in [6.45, 7) is 8.81. The van der Waals surface area contributed by atoms with Gasteiger partial charge < -0.3 is 19.1 Å². The molecule has 0 saturated carbocycles. The Labute approximate surface area is 139 Å². The molecule has 5 heteroatoms. The number of para-hydroxylation sites is 1. The Morgan fingerprint density at radius 1 is 1.09 bits per heavy atom. The van der Waals surface area contributed by atoms with E-state index in [0.29, 0.717) is 0 Å². The van der Waals surface area contributed by atoms with Gasteiger partial charge in [0.05, 0.1) is 33.0 Å². The van der Waals surface area contributed by atoms with Crippen molar-refractivity contribution in [2.75, 3.05) is 59.7 Å². The quantitative estimate of drug-likeness (QED) is 0.796. The molecule has 2 aliphatic rings. The average Bonchev–Trinajstić information content (AvgIpc) is 2.62. The first-order chi connectivity index (χ1) is 11.3. The molecule has 3 rings (SSSR count). The van der Waals surface area contributed by atoms with Crippen LogP contribution in [0.5, 0.6) is 5.75 Å². The first-order valence-corrected chi connectivity index (χ1v) is 8.61. The van der Waals surface area contributed by atoms with E-state index in [2.05, 4.69) is 21.9 Å². The summed E-state index contributed by atoms with van der Waals surface area (Å²) in [5, 5.41) is 0. The summed E-state index contributed by atoms with van der Waals surface area (Å²) >= 11 is 0. The molecule has 128 valence electrons. The maximum atomic E-state index is 5.72. The lowest BCUT2D eigenvalue weighted by Crippen LogP contribution is -2.47. The SMILES string of the molecule is COc1ccccc1CN1CCN(CCC2COCCO2)CC1. The summed E-state index contributed by atoms with van der Waals surface area (Å²) < 4.78 is 16.6. The van der Waals surface area contributed by atoms with Gasteiger partial charge in [-0.05, 0) is 12.5 Å². The standard InChI is InChI=1S/C18H28N2O3/c1-21-18-5-3-2-4-16(18)14-20-10-8-19(9-11-20)7-6-17-15-22-12-13-23-17/h2-5,17H,6-15H2,1H3. The lowest BCUT2D eigenvalue weighted by molar-refractivity contribution is -0.0933. The van der Waals surface area contributed by atoms with Gasteiger partial charge in [0.25, 0.3) is 0 Å². The van der Waals surface area contributed by atoms with Gasteiger partial charge >= 0.3 is 0 Å². The normalized spacial score (nSPS) is 23.8. The molecular formula is C18H28N2O3. The van der Waals surface area contributed by atoms with Crippen LogP contribution < -0.4 is 4.74 Å². The van der Waals surface area contributed by atoms with Gasteiger partial charge in [0.2, 0.25) is 0 Å². The van der Waals surface area contributed by atoms with Gasteiger partial charge in [0, 0.05) is 44.8 Å². The Morgan fingerprint density at radius 2 is 1.87 bits per heavy atom. The molecule has 5 nitrogen and oxygen atoms in total. The van der Waals surface area contributed by atoms with Crippen LogP contribution in [0.15, 0.2) is 24.3 Å². The van der Waals surface area contributed by atoms with E-state index >= 15 is 0 Å². The molecule has 0 amide bonds. The lowest BCUT2D eigenvalue weighted by Gasteiger charge is -2.35. The summed E-state index contributed by atoms with van der Waals surface area (Å²) in [4.78, 5) is 5.05.